The van der Waals surface area contributed by atoms with Crippen LogP contribution in [0.3, 0.4) is 0 Å². The van der Waals surface area contributed by atoms with Crippen molar-refractivity contribution < 1.29 is 14.3 Å². The molecule has 10 heteroatoms. The number of anilines is 2. The summed E-state index contributed by atoms with van der Waals surface area (Å²) in [6.07, 6.45) is 1.43. The Hall–Kier alpha value is -4.73. The van der Waals surface area contributed by atoms with E-state index in [0.29, 0.717) is 29.0 Å². The summed E-state index contributed by atoms with van der Waals surface area (Å²) in [4.78, 5) is 36.3. The summed E-state index contributed by atoms with van der Waals surface area (Å²) < 4.78 is 7.21. The van der Waals surface area contributed by atoms with E-state index < -0.39 is 0 Å². The second-order valence-corrected chi connectivity index (χ2v) is 9.07. The fourth-order valence-corrected chi connectivity index (χ4v) is 4.00. The van der Waals surface area contributed by atoms with Gasteiger partial charge in [0.1, 0.15) is 17.5 Å². The lowest BCUT2D eigenvalue weighted by Crippen LogP contribution is -2.34. The van der Waals surface area contributed by atoms with E-state index >= 15 is 0 Å². The number of fused-ring (bicyclic) bond motifs is 1. The number of amidine groups is 1. The maximum Gasteiger partial charge on any atom is 0.307 e. The molecule has 1 amide bonds. The maximum atomic E-state index is 13.6. The molecular formula is C28H31N7O3. The number of imidazole rings is 1. The lowest BCUT2D eigenvalue weighted by Gasteiger charge is -2.21. The van der Waals surface area contributed by atoms with Crippen molar-refractivity contribution in [1.29, 1.82) is 5.41 Å². The van der Waals surface area contributed by atoms with Crippen molar-refractivity contribution >= 4 is 40.3 Å². The van der Waals surface area contributed by atoms with Gasteiger partial charge in [0, 0.05) is 36.6 Å². The summed E-state index contributed by atoms with van der Waals surface area (Å²) >= 11 is 0. The predicted octanol–water partition coefficient (Wildman–Crippen LogP) is 3.85. The number of aryl methyl sites for hydroxylation is 1. The highest BCUT2D eigenvalue weighted by molar-refractivity contribution is 6.07. The average Bonchev–Trinajstić information content (AvgIpc) is 3.22. The number of esters is 1. The largest absolute Gasteiger partial charge is 0.463 e. The Balaban J connectivity index is 1.53. The van der Waals surface area contributed by atoms with Gasteiger partial charge in [0.15, 0.2) is 0 Å². The van der Waals surface area contributed by atoms with Crippen LogP contribution in [0.4, 0.5) is 11.5 Å². The lowest BCUT2D eigenvalue weighted by molar-refractivity contribution is -0.147. The molecule has 4 rings (SSSR count). The van der Waals surface area contributed by atoms with Crippen LogP contribution in [0.1, 0.15) is 42.0 Å². The molecule has 0 atom stereocenters. The molecule has 0 radical (unpaired) electrons. The number of pyridine rings is 1. The predicted molar refractivity (Wildman–Crippen MR) is 147 cm³/mol. The van der Waals surface area contributed by atoms with Gasteiger partial charge in [-0.3, -0.25) is 19.9 Å². The monoisotopic (exact) mass is 513 g/mol. The van der Waals surface area contributed by atoms with E-state index in [1.807, 2.05) is 29.8 Å². The summed E-state index contributed by atoms with van der Waals surface area (Å²) in [5.74, 6) is 0.616. The quantitative estimate of drug-likeness (QED) is 0.166. The fraction of sp³-hybridized carbons (Fsp3) is 0.250. The van der Waals surface area contributed by atoms with Crippen LogP contribution in [0.15, 0.2) is 66.9 Å². The van der Waals surface area contributed by atoms with E-state index in [9.17, 15) is 9.59 Å². The van der Waals surface area contributed by atoms with Crippen molar-refractivity contribution in [3.05, 3.63) is 83.8 Å². The molecule has 0 aliphatic carbocycles. The number of hydrogen-bond donors (Lipinski definition) is 3. The smallest absolute Gasteiger partial charge is 0.307 e. The Morgan fingerprint density at radius 2 is 1.84 bits per heavy atom. The standard InChI is InChI=1S/C28H31N7O3/c1-18(2)38-26(36)13-15-35(24-6-4-5-14-31-24)28(37)20-9-12-23-22(16-20)33-25(34(23)3)17-32-21-10-7-19(8-11-21)27(29)30/h4-12,14,16,18,32H,13,15,17H2,1-3H3,(H3,29,30). The van der Waals surface area contributed by atoms with E-state index in [1.165, 1.54) is 4.90 Å². The van der Waals surface area contributed by atoms with E-state index in [0.717, 1.165) is 17.0 Å². The number of nitrogens with two attached hydrogens (primary N) is 1. The second kappa shape index (κ2) is 11.5. The molecule has 10 nitrogen and oxygen atoms in total. The van der Waals surface area contributed by atoms with Gasteiger partial charge in [0.2, 0.25) is 0 Å². The number of rotatable bonds is 10. The number of aromatic nitrogens is 3. The number of ether oxygens (including phenoxy) is 1. The minimum Gasteiger partial charge on any atom is -0.463 e. The lowest BCUT2D eigenvalue weighted by atomic mass is 10.1. The topological polar surface area (TPSA) is 139 Å². The zero-order valence-corrected chi connectivity index (χ0v) is 21.6. The third kappa shape index (κ3) is 6.15. The number of nitrogens with one attached hydrogen (secondary N) is 2. The number of carbonyl (C=O) groups excluding carboxylic acids is 2. The summed E-state index contributed by atoms with van der Waals surface area (Å²) in [5, 5.41) is 10.8. The van der Waals surface area contributed by atoms with Crippen LogP contribution in [-0.2, 0) is 23.1 Å². The van der Waals surface area contributed by atoms with Gasteiger partial charge in [-0.2, -0.15) is 0 Å². The highest BCUT2D eigenvalue weighted by Crippen LogP contribution is 2.21. The maximum absolute atomic E-state index is 13.6. The van der Waals surface area contributed by atoms with Gasteiger partial charge < -0.3 is 20.4 Å². The summed E-state index contributed by atoms with van der Waals surface area (Å²) in [6.45, 7) is 4.18. The van der Waals surface area contributed by atoms with Gasteiger partial charge in [-0.05, 0) is 68.4 Å². The molecule has 0 aliphatic heterocycles. The molecule has 0 bridgehead atoms. The molecule has 4 N–H and O–H groups in total. The number of nitrogens with zero attached hydrogens (tertiary/aromatic N) is 4. The van der Waals surface area contributed by atoms with Crippen molar-refractivity contribution in [2.45, 2.75) is 32.9 Å². The first-order valence-electron chi connectivity index (χ1n) is 12.3. The van der Waals surface area contributed by atoms with Crippen LogP contribution < -0.4 is 16.0 Å². The van der Waals surface area contributed by atoms with E-state index in [1.54, 1.807) is 62.5 Å². The number of hydrogen-bond acceptors (Lipinski definition) is 7. The zero-order valence-electron chi connectivity index (χ0n) is 21.6. The first-order valence-corrected chi connectivity index (χ1v) is 12.3. The molecule has 2 aromatic carbocycles. The van der Waals surface area contributed by atoms with Crippen LogP contribution in [-0.4, -0.2) is 44.9 Å². The fourth-order valence-electron chi connectivity index (χ4n) is 4.00. The number of amides is 1. The van der Waals surface area contributed by atoms with Gasteiger partial charge in [-0.1, -0.05) is 6.07 Å². The zero-order chi connectivity index (χ0) is 27.2. The van der Waals surface area contributed by atoms with Gasteiger partial charge in [0.05, 0.1) is 30.1 Å². The Bertz CT molecular complexity index is 1450. The van der Waals surface area contributed by atoms with Crippen molar-refractivity contribution in [3.8, 4) is 0 Å². The molecule has 0 aliphatic rings. The Morgan fingerprint density at radius 1 is 1.11 bits per heavy atom. The Kier molecular flexibility index (Phi) is 8.00. The molecule has 0 fully saturated rings. The molecule has 0 spiro atoms. The average molecular weight is 514 g/mol. The Morgan fingerprint density at radius 3 is 2.50 bits per heavy atom. The SMILES string of the molecule is CC(C)OC(=O)CCN(C(=O)c1ccc2c(c1)nc(CNc1ccc(C(=N)N)cc1)n2C)c1ccccn1. The van der Waals surface area contributed by atoms with Gasteiger partial charge in [-0.15, -0.1) is 0 Å². The van der Waals surface area contributed by atoms with Crippen LogP contribution in [0.25, 0.3) is 11.0 Å². The van der Waals surface area contributed by atoms with Gasteiger partial charge in [-0.25, -0.2) is 9.97 Å². The number of carbonyl (C=O) groups is 2. The summed E-state index contributed by atoms with van der Waals surface area (Å²) in [6, 6.07) is 18.0. The van der Waals surface area contributed by atoms with Crippen LogP contribution in [0.5, 0.6) is 0 Å². The molecule has 0 unspecified atom stereocenters. The van der Waals surface area contributed by atoms with Crippen LogP contribution in [0.2, 0.25) is 0 Å². The third-order valence-corrected chi connectivity index (χ3v) is 5.94. The van der Waals surface area contributed by atoms with Crippen LogP contribution in [0, 0.1) is 5.41 Å². The summed E-state index contributed by atoms with van der Waals surface area (Å²) in [7, 11) is 1.92. The van der Waals surface area contributed by atoms with Crippen molar-refractivity contribution in [1.82, 2.24) is 14.5 Å². The first kappa shape index (κ1) is 26.3. The first-order chi connectivity index (χ1) is 18.2. The highest BCUT2D eigenvalue weighted by atomic mass is 16.5. The molecule has 2 aromatic heterocycles. The molecule has 196 valence electrons. The van der Waals surface area contributed by atoms with Crippen molar-refractivity contribution in [2.75, 3.05) is 16.8 Å². The van der Waals surface area contributed by atoms with Crippen molar-refractivity contribution in [3.63, 3.8) is 0 Å². The molecule has 0 saturated carbocycles. The van der Waals surface area contributed by atoms with E-state index in [2.05, 4.69) is 10.3 Å². The molecule has 4 aromatic rings. The van der Waals surface area contributed by atoms with E-state index in [-0.39, 0.29) is 36.8 Å². The normalized spacial score (nSPS) is 10.9. The molecule has 0 saturated heterocycles. The minimum atomic E-state index is -0.373. The van der Waals surface area contributed by atoms with Crippen LogP contribution >= 0.6 is 0 Å². The minimum absolute atomic E-state index is 0.0226. The summed E-state index contributed by atoms with van der Waals surface area (Å²) in [5.41, 5.74) is 9.07. The van der Waals surface area contributed by atoms with E-state index in [4.69, 9.17) is 20.9 Å². The Labute approximate surface area is 221 Å². The van der Waals surface area contributed by atoms with Crippen molar-refractivity contribution in [2.24, 2.45) is 12.8 Å². The van der Waals surface area contributed by atoms with Gasteiger partial charge in [0.25, 0.3) is 5.91 Å². The highest BCUT2D eigenvalue weighted by Gasteiger charge is 2.22. The van der Waals surface area contributed by atoms with Gasteiger partial charge >= 0.3 is 5.97 Å². The number of nitrogen functional groups attached to an aromatic ring is 1. The molecule has 38 heavy (non-hydrogen) atoms. The second-order valence-electron chi connectivity index (χ2n) is 9.07. The molecular weight excluding hydrogens is 482 g/mol. The number of benzene rings is 2. The molecule has 2 heterocycles. The third-order valence-electron chi connectivity index (χ3n) is 5.94.